The molecule has 1 aliphatic rings. The Balaban J connectivity index is 1.64. The average Bonchev–Trinajstić information content (AvgIpc) is 2.99. The molecule has 0 bridgehead atoms. The molecule has 3 rings (SSSR count). The average molecular weight is 318 g/mol. The number of aliphatic hydroxyl groups is 1. The summed E-state index contributed by atoms with van der Waals surface area (Å²) >= 11 is 1.76. The van der Waals surface area contributed by atoms with Gasteiger partial charge in [0.05, 0.1) is 17.5 Å². The molecule has 7 heteroatoms. The van der Waals surface area contributed by atoms with Crippen LogP contribution in [0.4, 0.5) is 5.69 Å². The maximum absolute atomic E-state index is 10.8. The van der Waals surface area contributed by atoms with Crippen LogP contribution in [-0.2, 0) is 10.5 Å². The maximum Gasteiger partial charge on any atom is 0.216 e. The fourth-order valence-corrected chi connectivity index (χ4v) is 3.33. The Hall–Kier alpha value is -1.99. The monoisotopic (exact) mass is 318 g/mol. The van der Waals surface area contributed by atoms with Gasteiger partial charge < -0.3 is 20.3 Å². The van der Waals surface area contributed by atoms with Crippen molar-refractivity contribution in [2.45, 2.75) is 23.7 Å². The first-order valence-electron chi connectivity index (χ1n) is 7.09. The molecule has 0 aliphatic carbocycles. The van der Waals surface area contributed by atoms with Crippen LogP contribution in [0.1, 0.15) is 12.7 Å². The first-order valence-corrected chi connectivity index (χ1v) is 8.08. The second kappa shape index (κ2) is 6.41. The molecule has 0 fully saturated rings. The Kier molecular flexibility index (Phi) is 4.35. The molecular formula is C15H18N4O2S. The van der Waals surface area contributed by atoms with Gasteiger partial charge in [-0.3, -0.25) is 4.79 Å². The van der Waals surface area contributed by atoms with E-state index < -0.39 is 6.10 Å². The van der Waals surface area contributed by atoms with Crippen LogP contribution < -0.4 is 10.6 Å². The van der Waals surface area contributed by atoms with Crippen LogP contribution in [0.25, 0.3) is 5.69 Å². The van der Waals surface area contributed by atoms with E-state index in [0.717, 1.165) is 23.0 Å². The Bertz CT molecular complexity index is 686. The molecular weight excluding hydrogens is 300 g/mol. The van der Waals surface area contributed by atoms with Gasteiger partial charge in [-0.2, -0.15) is 0 Å². The van der Waals surface area contributed by atoms with Gasteiger partial charge in [-0.1, -0.05) is 0 Å². The topological polar surface area (TPSA) is 79.2 Å². The number of rotatable bonds is 5. The highest BCUT2D eigenvalue weighted by Crippen LogP contribution is 2.35. The number of nitrogens with zero attached hydrogens (tertiary/aromatic N) is 2. The quantitative estimate of drug-likeness (QED) is 0.776. The van der Waals surface area contributed by atoms with Crippen LogP contribution in [0.15, 0.2) is 35.5 Å². The molecule has 2 heterocycles. The molecule has 0 spiro atoms. The molecule has 3 N–H and O–H groups in total. The number of anilines is 1. The minimum Gasteiger partial charge on any atom is -0.389 e. The Morgan fingerprint density at radius 3 is 3.18 bits per heavy atom. The van der Waals surface area contributed by atoms with Crippen molar-refractivity contribution in [2.75, 3.05) is 18.4 Å². The van der Waals surface area contributed by atoms with Crippen LogP contribution in [-0.4, -0.2) is 39.8 Å². The molecule has 1 aliphatic heterocycles. The molecule has 1 aromatic heterocycles. The lowest BCUT2D eigenvalue weighted by Gasteiger charge is -2.19. The number of benzene rings is 1. The molecule has 1 atom stereocenters. The summed E-state index contributed by atoms with van der Waals surface area (Å²) in [6, 6.07) is 6.11. The van der Waals surface area contributed by atoms with Gasteiger partial charge in [0.2, 0.25) is 5.91 Å². The third kappa shape index (κ3) is 3.26. The molecule has 2 aromatic rings. The fraction of sp³-hybridized carbons (Fsp3) is 0.333. The van der Waals surface area contributed by atoms with Gasteiger partial charge in [-0.15, -0.1) is 11.8 Å². The highest BCUT2D eigenvalue weighted by Gasteiger charge is 2.16. The van der Waals surface area contributed by atoms with Crippen LogP contribution in [0, 0.1) is 0 Å². The highest BCUT2D eigenvalue weighted by molar-refractivity contribution is 7.98. The molecule has 1 aromatic carbocycles. The minimum atomic E-state index is -0.618. The Morgan fingerprint density at radius 2 is 2.36 bits per heavy atom. The van der Waals surface area contributed by atoms with Crippen molar-refractivity contribution in [3.8, 4) is 5.69 Å². The number of carbonyl (C=O) groups is 1. The van der Waals surface area contributed by atoms with Crippen LogP contribution in [0.3, 0.4) is 0 Å². The number of imidazole rings is 1. The standard InChI is InChI=1S/C15H18N4O2S/c1-10(20)17-7-12(21)8-18-11-2-3-13-14(6-11)22-9-15-16-4-5-19(13)15/h2-6,12,18,21H,7-9H2,1H3,(H,17,20)/t12-/m0/s1. The second-order valence-corrected chi connectivity index (χ2v) is 6.17. The first-order chi connectivity index (χ1) is 10.6. The molecule has 0 saturated carbocycles. The number of thioether (sulfide) groups is 1. The number of aromatic nitrogens is 2. The summed E-state index contributed by atoms with van der Waals surface area (Å²) in [5.41, 5.74) is 2.09. The Morgan fingerprint density at radius 1 is 1.50 bits per heavy atom. The summed E-state index contributed by atoms with van der Waals surface area (Å²) in [5.74, 6) is 1.78. The van der Waals surface area contributed by atoms with Gasteiger partial charge in [-0.25, -0.2) is 4.98 Å². The fourth-order valence-electron chi connectivity index (χ4n) is 2.31. The van der Waals surface area contributed by atoms with E-state index in [-0.39, 0.29) is 12.5 Å². The summed E-state index contributed by atoms with van der Waals surface area (Å²) in [7, 11) is 0. The molecule has 0 saturated heterocycles. The number of hydrogen-bond donors (Lipinski definition) is 3. The number of amides is 1. The van der Waals surface area contributed by atoms with Crippen LogP contribution in [0.2, 0.25) is 0 Å². The van der Waals surface area contributed by atoms with E-state index in [2.05, 4.69) is 32.3 Å². The van der Waals surface area contributed by atoms with Crippen molar-refractivity contribution in [1.29, 1.82) is 0 Å². The van der Waals surface area contributed by atoms with Gasteiger partial charge in [0.1, 0.15) is 5.82 Å². The van der Waals surface area contributed by atoms with Crippen molar-refractivity contribution in [3.63, 3.8) is 0 Å². The van der Waals surface area contributed by atoms with E-state index >= 15 is 0 Å². The normalized spacial score (nSPS) is 13.9. The van der Waals surface area contributed by atoms with E-state index in [4.69, 9.17) is 0 Å². The van der Waals surface area contributed by atoms with Crippen molar-refractivity contribution in [1.82, 2.24) is 14.9 Å². The summed E-state index contributed by atoms with van der Waals surface area (Å²) in [5, 5.41) is 15.6. The van der Waals surface area contributed by atoms with Crippen molar-refractivity contribution in [3.05, 3.63) is 36.4 Å². The van der Waals surface area contributed by atoms with E-state index in [1.807, 2.05) is 18.5 Å². The Labute approximate surface area is 132 Å². The molecule has 22 heavy (non-hydrogen) atoms. The molecule has 0 radical (unpaired) electrons. The molecule has 6 nitrogen and oxygen atoms in total. The lowest BCUT2D eigenvalue weighted by atomic mass is 10.2. The van der Waals surface area contributed by atoms with Gasteiger partial charge in [0, 0.05) is 43.0 Å². The lowest BCUT2D eigenvalue weighted by Crippen LogP contribution is -2.34. The van der Waals surface area contributed by atoms with E-state index in [0.29, 0.717) is 6.54 Å². The van der Waals surface area contributed by atoms with Gasteiger partial charge >= 0.3 is 0 Å². The van der Waals surface area contributed by atoms with Gasteiger partial charge in [-0.05, 0) is 18.2 Å². The van der Waals surface area contributed by atoms with E-state index in [1.165, 1.54) is 11.8 Å². The van der Waals surface area contributed by atoms with Crippen LogP contribution >= 0.6 is 11.8 Å². The SMILES string of the molecule is CC(=O)NC[C@H](O)CNc1ccc2c(c1)SCc1nccn1-2. The first kappa shape index (κ1) is 14.9. The van der Waals surface area contributed by atoms with Gasteiger partial charge in [0.15, 0.2) is 0 Å². The summed E-state index contributed by atoms with van der Waals surface area (Å²) in [6.07, 6.45) is 3.17. The second-order valence-electron chi connectivity index (χ2n) is 5.16. The molecule has 116 valence electrons. The maximum atomic E-state index is 10.8. The van der Waals surface area contributed by atoms with Crippen molar-refractivity contribution in [2.24, 2.45) is 0 Å². The zero-order valence-electron chi connectivity index (χ0n) is 12.2. The third-order valence-corrected chi connectivity index (χ3v) is 4.46. The predicted molar refractivity (Wildman–Crippen MR) is 86.3 cm³/mol. The minimum absolute atomic E-state index is 0.139. The summed E-state index contributed by atoms with van der Waals surface area (Å²) in [6.45, 7) is 2.08. The number of hydrogen-bond acceptors (Lipinski definition) is 5. The third-order valence-electron chi connectivity index (χ3n) is 3.42. The largest absolute Gasteiger partial charge is 0.389 e. The highest BCUT2D eigenvalue weighted by atomic mass is 32.2. The van der Waals surface area contributed by atoms with Gasteiger partial charge in [0.25, 0.3) is 0 Å². The zero-order valence-corrected chi connectivity index (χ0v) is 13.1. The van der Waals surface area contributed by atoms with E-state index in [9.17, 15) is 9.90 Å². The number of nitrogens with one attached hydrogen (secondary N) is 2. The van der Waals surface area contributed by atoms with E-state index in [1.54, 1.807) is 11.8 Å². The lowest BCUT2D eigenvalue weighted by molar-refractivity contribution is -0.119. The smallest absolute Gasteiger partial charge is 0.216 e. The molecule has 1 amide bonds. The van der Waals surface area contributed by atoms with Crippen molar-refractivity contribution < 1.29 is 9.90 Å². The zero-order chi connectivity index (χ0) is 15.5. The number of carbonyl (C=O) groups excluding carboxylic acids is 1. The number of fused-ring (bicyclic) bond motifs is 3. The predicted octanol–water partition coefficient (Wildman–Crippen LogP) is 1.39. The summed E-state index contributed by atoms with van der Waals surface area (Å²) in [4.78, 5) is 16.3. The van der Waals surface area contributed by atoms with Crippen LogP contribution in [0.5, 0.6) is 0 Å². The van der Waals surface area contributed by atoms with Crippen molar-refractivity contribution >= 4 is 23.4 Å². The summed E-state index contributed by atoms with van der Waals surface area (Å²) < 4.78 is 2.10. The molecule has 0 unspecified atom stereocenters. The number of aliphatic hydroxyl groups excluding tert-OH is 1.